The summed E-state index contributed by atoms with van der Waals surface area (Å²) in [5, 5.41) is 8.41. The summed E-state index contributed by atoms with van der Waals surface area (Å²) in [5.74, 6) is -0.236. The van der Waals surface area contributed by atoms with Crippen LogP contribution in [0.1, 0.15) is 18.1 Å². The average Bonchev–Trinajstić information content (AvgIpc) is 3.60. The molecule has 0 bridgehead atoms. The first-order chi connectivity index (χ1) is 20.2. The monoisotopic (exact) mass is 559 g/mol. The molecular formula is C34H37N7O. The predicted molar refractivity (Wildman–Crippen MR) is 172 cm³/mol. The number of rotatable bonds is 6. The second-order valence-electron chi connectivity index (χ2n) is 11.3. The van der Waals surface area contributed by atoms with Crippen LogP contribution in [-0.4, -0.2) is 63.3 Å². The Bertz CT molecular complexity index is 1800. The first-order valence-electron chi connectivity index (χ1n) is 14.3. The Morgan fingerprint density at radius 1 is 1.05 bits per heavy atom. The highest BCUT2D eigenvalue weighted by atomic mass is 16.1. The maximum atomic E-state index is 12.2. The van der Waals surface area contributed by atoms with Gasteiger partial charge in [-0.25, -0.2) is 4.98 Å². The zero-order valence-electron chi connectivity index (χ0n) is 24.9. The molecule has 0 aliphatic carbocycles. The number of piperazine rings is 1. The molecule has 1 fully saturated rings. The van der Waals surface area contributed by atoms with Gasteiger partial charge in [0.2, 0.25) is 5.91 Å². The zero-order valence-corrected chi connectivity index (χ0v) is 24.9. The van der Waals surface area contributed by atoms with Crippen molar-refractivity contribution in [3.63, 3.8) is 0 Å². The molecule has 0 saturated carbocycles. The number of H-pyrrole nitrogens is 1. The van der Waals surface area contributed by atoms with Crippen molar-refractivity contribution in [3.8, 4) is 33.5 Å². The first kappa shape index (κ1) is 27.5. The largest absolute Gasteiger partial charge is 0.369 e. The molecule has 2 aromatic carbocycles. The maximum absolute atomic E-state index is 12.2. The normalized spacial score (nSPS) is 15.7. The van der Waals surface area contributed by atoms with Crippen LogP contribution in [0.5, 0.6) is 0 Å². The van der Waals surface area contributed by atoms with Gasteiger partial charge in [0.05, 0.1) is 11.9 Å². The van der Waals surface area contributed by atoms with Crippen molar-refractivity contribution >= 4 is 28.3 Å². The molecule has 1 amide bonds. The van der Waals surface area contributed by atoms with E-state index in [1.165, 1.54) is 11.8 Å². The van der Waals surface area contributed by atoms with Gasteiger partial charge in [-0.1, -0.05) is 30.8 Å². The van der Waals surface area contributed by atoms with Gasteiger partial charge in [-0.05, 0) is 74.3 Å². The van der Waals surface area contributed by atoms with E-state index in [1.807, 2.05) is 44.7 Å². The fourth-order valence-corrected chi connectivity index (χ4v) is 5.88. The third-order valence-electron chi connectivity index (χ3n) is 8.55. The van der Waals surface area contributed by atoms with E-state index < -0.39 is 0 Å². The number of carbonyl (C=O) groups excluding carboxylic acids is 1. The van der Waals surface area contributed by atoms with E-state index in [4.69, 9.17) is 4.98 Å². The zero-order chi connectivity index (χ0) is 29.5. The Balaban J connectivity index is 1.51. The van der Waals surface area contributed by atoms with Crippen molar-refractivity contribution in [3.05, 3.63) is 84.8 Å². The first-order valence-corrected chi connectivity index (χ1v) is 14.3. The molecule has 4 heterocycles. The molecule has 3 aromatic heterocycles. The summed E-state index contributed by atoms with van der Waals surface area (Å²) >= 11 is 0. The smallest absolute Gasteiger partial charge is 0.247 e. The summed E-state index contributed by atoms with van der Waals surface area (Å²) in [6.45, 7) is 13.1. The SMILES string of the molecule is C=CC(=O)Nc1cc(-c2c(-c3ccc(N4CCN(C)[C@H](C)C4)cc3)[nH]c3ncc(-c4cnn(C)c4)c(C)c23)ccc1C. The molecule has 1 aliphatic rings. The number of nitrogens with one attached hydrogen (secondary N) is 2. The van der Waals surface area contributed by atoms with Gasteiger partial charge in [0.25, 0.3) is 0 Å². The second kappa shape index (κ2) is 10.9. The number of carbonyl (C=O) groups is 1. The van der Waals surface area contributed by atoms with Gasteiger partial charge in [0.1, 0.15) is 5.65 Å². The van der Waals surface area contributed by atoms with Crippen LogP contribution in [0.4, 0.5) is 11.4 Å². The van der Waals surface area contributed by atoms with Gasteiger partial charge in [-0.3, -0.25) is 9.48 Å². The van der Waals surface area contributed by atoms with E-state index in [-0.39, 0.29) is 5.91 Å². The maximum Gasteiger partial charge on any atom is 0.247 e. The summed E-state index contributed by atoms with van der Waals surface area (Å²) in [6, 6.07) is 15.5. The number of aryl methyl sites for hydroxylation is 3. The minimum Gasteiger partial charge on any atom is -0.369 e. The predicted octanol–water partition coefficient (Wildman–Crippen LogP) is 6.18. The summed E-state index contributed by atoms with van der Waals surface area (Å²) in [6.07, 6.45) is 7.09. The van der Waals surface area contributed by atoms with Crippen molar-refractivity contribution < 1.29 is 4.79 Å². The number of nitrogens with zero attached hydrogens (tertiary/aromatic N) is 5. The van der Waals surface area contributed by atoms with Crippen molar-refractivity contribution in [2.75, 3.05) is 36.9 Å². The van der Waals surface area contributed by atoms with Crippen LogP contribution < -0.4 is 10.2 Å². The minimum absolute atomic E-state index is 0.236. The third kappa shape index (κ3) is 4.99. The Labute approximate surface area is 246 Å². The summed E-state index contributed by atoms with van der Waals surface area (Å²) in [4.78, 5) is 25.6. The summed E-state index contributed by atoms with van der Waals surface area (Å²) < 4.78 is 1.81. The quantitative estimate of drug-likeness (QED) is 0.243. The summed E-state index contributed by atoms with van der Waals surface area (Å²) in [5.41, 5.74) is 11.1. The van der Waals surface area contributed by atoms with Gasteiger partial charge in [0.15, 0.2) is 0 Å². The molecule has 1 aliphatic heterocycles. The van der Waals surface area contributed by atoms with E-state index >= 15 is 0 Å². The molecule has 0 unspecified atom stereocenters. The highest BCUT2D eigenvalue weighted by Crippen LogP contribution is 2.42. The van der Waals surface area contributed by atoms with Gasteiger partial charge < -0.3 is 20.1 Å². The van der Waals surface area contributed by atoms with E-state index in [2.05, 4.69) is 83.0 Å². The molecule has 0 spiro atoms. The van der Waals surface area contributed by atoms with Crippen molar-refractivity contribution in [1.29, 1.82) is 0 Å². The lowest BCUT2D eigenvalue weighted by Gasteiger charge is -2.39. The van der Waals surface area contributed by atoms with E-state index in [9.17, 15) is 4.79 Å². The fourth-order valence-electron chi connectivity index (χ4n) is 5.88. The van der Waals surface area contributed by atoms with Gasteiger partial charge in [-0.2, -0.15) is 5.10 Å². The van der Waals surface area contributed by atoms with Gasteiger partial charge >= 0.3 is 0 Å². The second-order valence-corrected chi connectivity index (χ2v) is 11.3. The molecule has 1 saturated heterocycles. The highest BCUT2D eigenvalue weighted by Gasteiger charge is 2.23. The third-order valence-corrected chi connectivity index (χ3v) is 8.55. The lowest BCUT2D eigenvalue weighted by Crippen LogP contribution is -2.50. The standard InChI is InChI=1S/C34H37N7O/c1-7-30(42)37-29-16-25(9-8-21(29)2)32-31-23(4)28(26-17-36-40(6)20-26)18-35-34(31)38-33(32)24-10-12-27(13-11-24)41-15-14-39(5)22(3)19-41/h7-13,16-18,20,22H,1,14-15,19H2,2-6H3,(H,35,38)(H,37,42)/t22-/m1/s1. The summed E-state index contributed by atoms with van der Waals surface area (Å²) in [7, 11) is 4.11. The van der Waals surface area contributed by atoms with Crippen LogP contribution in [0.25, 0.3) is 44.5 Å². The molecule has 6 rings (SSSR count). The molecule has 1 atom stereocenters. The van der Waals surface area contributed by atoms with E-state index in [0.717, 1.165) is 81.0 Å². The molecule has 5 aromatic rings. The van der Waals surface area contributed by atoms with Crippen molar-refractivity contribution in [2.45, 2.75) is 26.8 Å². The van der Waals surface area contributed by atoms with Crippen molar-refractivity contribution in [2.24, 2.45) is 7.05 Å². The minimum atomic E-state index is -0.236. The Morgan fingerprint density at radius 2 is 1.81 bits per heavy atom. The molecule has 42 heavy (non-hydrogen) atoms. The Morgan fingerprint density at radius 3 is 2.50 bits per heavy atom. The number of hydrogen-bond donors (Lipinski definition) is 2. The topological polar surface area (TPSA) is 82.1 Å². The number of hydrogen-bond acceptors (Lipinski definition) is 5. The Hall–Kier alpha value is -4.69. The molecule has 8 heteroatoms. The lowest BCUT2D eigenvalue weighted by molar-refractivity contribution is -0.111. The fraction of sp³-hybridized carbons (Fsp3) is 0.265. The number of pyridine rings is 1. The number of benzene rings is 2. The molecule has 2 N–H and O–H groups in total. The van der Waals surface area contributed by atoms with Crippen LogP contribution in [-0.2, 0) is 11.8 Å². The molecular weight excluding hydrogens is 522 g/mol. The van der Waals surface area contributed by atoms with Crippen LogP contribution in [0.3, 0.4) is 0 Å². The van der Waals surface area contributed by atoms with Gasteiger partial charge in [-0.15, -0.1) is 0 Å². The number of aromatic amines is 1. The van der Waals surface area contributed by atoms with E-state index in [1.54, 1.807) is 4.68 Å². The number of aromatic nitrogens is 4. The number of anilines is 2. The highest BCUT2D eigenvalue weighted by molar-refractivity contribution is 6.07. The van der Waals surface area contributed by atoms with E-state index in [0.29, 0.717) is 6.04 Å². The van der Waals surface area contributed by atoms with Crippen LogP contribution in [0.2, 0.25) is 0 Å². The number of amides is 1. The molecule has 8 nitrogen and oxygen atoms in total. The Kier molecular flexibility index (Phi) is 7.16. The van der Waals surface area contributed by atoms with Crippen LogP contribution >= 0.6 is 0 Å². The molecule has 214 valence electrons. The van der Waals surface area contributed by atoms with Gasteiger partial charge in [0, 0.05) is 78.6 Å². The van der Waals surface area contributed by atoms with Crippen LogP contribution in [0.15, 0.2) is 73.7 Å². The number of likely N-dealkylation sites (N-methyl/N-ethyl adjacent to an activating group) is 1. The van der Waals surface area contributed by atoms with Crippen LogP contribution in [0, 0.1) is 13.8 Å². The lowest BCUT2D eigenvalue weighted by atomic mass is 9.93. The average molecular weight is 560 g/mol. The van der Waals surface area contributed by atoms with Crippen molar-refractivity contribution in [1.82, 2.24) is 24.6 Å². The number of fused-ring (bicyclic) bond motifs is 1. The molecule has 0 radical (unpaired) electrons.